The van der Waals surface area contributed by atoms with Gasteiger partial charge in [-0.15, -0.1) is 24.0 Å². The first-order valence-electron chi connectivity index (χ1n) is 8.20. The molecule has 1 aromatic rings. The smallest absolute Gasteiger partial charge is 0.390 e. The van der Waals surface area contributed by atoms with E-state index >= 15 is 0 Å². The van der Waals surface area contributed by atoms with E-state index in [1.807, 2.05) is 25.1 Å². The first-order chi connectivity index (χ1) is 11.9. The zero-order valence-corrected chi connectivity index (χ0v) is 17.6. The van der Waals surface area contributed by atoms with E-state index in [-0.39, 0.29) is 30.5 Å². The van der Waals surface area contributed by atoms with Crippen LogP contribution in [0.25, 0.3) is 0 Å². The van der Waals surface area contributed by atoms with Crippen molar-refractivity contribution >= 4 is 29.9 Å². The summed E-state index contributed by atoms with van der Waals surface area (Å²) in [5, 5.41) is 5.65. The summed E-state index contributed by atoms with van der Waals surface area (Å²) >= 11 is 0. The number of ether oxygens (including phenoxy) is 2. The minimum Gasteiger partial charge on any atom is -0.493 e. The van der Waals surface area contributed by atoms with Crippen LogP contribution >= 0.6 is 24.0 Å². The van der Waals surface area contributed by atoms with Gasteiger partial charge in [-0.05, 0) is 37.5 Å². The van der Waals surface area contributed by atoms with E-state index in [0.717, 1.165) is 18.4 Å². The Morgan fingerprint density at radius 2 is 1.85 bits per heavy atom. The standard InChI is InChI=1S/C17H26F3N3O2.HI/c1-4-25-15-12-13(7-8-14(15)24-3)6-5-10-22-16(21-2)23-11-9-17(18,19)20;/h7-8,12H,4-6,9-11H2,1-3H3,(H2,21,22,23);1H. The number of methoxy groups -OCH3 is 1. The van der Waals surface area contributed by atoms with Crippen molar-refractivity contribution in [3.05, 3.63) is 23.8 Å². The van der Waals surface area contributed by atoms with Crippen LogP contribution in [0.4, 0.5) is 13.2 Å². The molecule has 0 fully saturated rings. The van der Waals surface area contributed by atoms with Crippen molar-refractivity contribution in [1.29, 1.82) is 0 Å². The van der Waals surface area contributed by atoms with E-state index in [1.165, 1.54) is 7.05 Å². The highest BCUT2D eigenvalue weighted by atomic mass is 127. The third kappa shape index (κ3) is 9.93. The molecular weight excluding hydrogens is 462 g/mol. The molecule has 1 aromatic carbocycles. The van der Waals surface area contributed by atoms with Gasteiger partial charge < -0.3 is 20.1 Å². The fourth-order valence-corrected chi connectivity index (χ4v) is 2.19. The normalized spacial score (nSPS) is 11.5. The van der Waals surface area contributed by atoms with Gasteiger partial charge in [0.2, 0.25) is 0 Å². The molecule has 0 bridgehead atoms. The number of nitrogens with zero attached hydrogens (tertiary/aromatic N) is 1. The van der Waals surface area contributed by atoms with E-state index < -0.39 is 12.6 Å². The average molecular weight is 489 g/mol. The third-order valence-electron chi connectivity index (χ3n) is 3.39. The van der Waals surface area contributed by atoms with Crippen molar-refractivity contribution in [2.24, 2.45) is 4.99 Å². The lowest BCUT2D eigenvalue weighted by molar-refractivity contribution is -0.132. The Labute approximate surface area is 169 Å². The van der Waals surface area contributed by atoms with Gasteiger partial charge in [-0.1, -0.05) is 6.07 Å². The second kappa shape index (κ2) is 12.9. The molecule has 0 aliphatic heterocycles. The molecule has 1 rings (SSSR count). The summed E-state index contributed by atoms with van der Waals surface area (Å²) in [7, 11) is 3.12. The molecule has 0 saturated carbocycles. The average Bonchev–Trinajstić information content (AvgIpc) is 2.56. The Kier molecular flexibility index (Phi) is 12.2. The SMILES string of the molecule is CCOc1cc(CCCNC(=NC)NCCC(F)(F)F)ccc1OC.I. The van der Waals surface area contributed by atoms with Crippen LogP contribution in [0.5, 0.6) is 11.5 Å². The molecule has 0 spiro atoms. The second-order valence-electron chi connectivity index (χ2n) is 5.31. The number of nitrogens with one attached hydrogen (secondary N) is 2. The van der Waals surface area contributed by atoms with Crippen molar-refractivity contribution in [3.63, 3.8) is 0 Å². The number of benzene rings is 1. The van der Waals surface area contributed by atoms with Crippen LogP contribution in [0.15, 0.2) is 23.2 Å². The van der Waals surface area contributed by atoms with Crippen molar-refractivity contribution in [3.8, 4) is 11.5 Å². The molecule has 2 N–H and O–H groups in total. The van der Waals surface area contributed by atoms with Gasteiger partial charge in [0, 0.05) is 20.1 Å². The largest absolute Gasteiger partial charge is 0.493 e. The topological polar surface area (TPSA) is 54.9 Å². The summed E-state index contributed by atoms with van der Waals surface area (Å²) in [5.74, 6) is 1.77. The predicted octanol–water partition coefficient (Wildman–Crippen LogP) is 3.76. The Bertz CT molecular complexity index is 555. The summed E-state index contributed by atoms with van der Waals surface area (Å²) in [6.45, 7) is 2.87. The van der Waals surface area contributed by atoms with Crippen LogP contribution in [0.3, 0.4) is 0 Å². The van der Waals surface area contributed by atoms with Crippen molar-refractivity contribution in [2.75, 3.05) is 33.9 Å². The molecule has 0 unspecified atom stereocenters. The molecule has 0 aliphatic carbocycles. The maximum atomic E-state index is 12.1. The number of halogens is 4. The van der Waals surface area contributed by atoms with Crippen LogP contribution < -0.4 is 20.1 Å². The molecule has 0 aliphatic rings. The molecule has 0 aromatic heterocycles. The number of hydrogen-bond acceptors (Lipinski definition) is 3. The van der Waals surface area contributed by atoms with Crippen molar-refractivity contribution in [1.82, 2.24) is 10.6 Å². The van der Waals surface area contributed by atoms with Crippen molar-refractivity contribution < 1.29 is 22.6 Å². The lowest BCUT2D eigenvalue weighted by Gasteiger charge is -2.13. The van der Waals surface area contributed by atoms with Gasteiger partial charge in [0.1, 0.15) is 0 Å². The van der Waals surface area contributed by atoms with Crippen LogP contribution in [-0.2, 0) is 6.42 Å². The van der Waals surface area contributed by atoms with Gasteiger partial charge >= 0.3 is 6.18 Å². The van der Waals surface area contributed by atoms with E-state index in [1.54, 1.807) is 7.11 Å². The monoisotopic (exact) mass is 489 g/mol. The fourth-order valence-electron chi connectivity index (χ4n) is 2.19. The number of aryl methyl sites for hydroxylation is 1. The van der Waals surface area contributed by atoms with E-state index in [4.69, 9.17) is 9.47 Å². The Morgan fingerprint density at radius 3 is 2.42 bits per heavy atom. The maximum absolute atomic E-state index is 12.1. The summed E-state index contributed by atoms with van der Waals surface area (Å²) in [4.78, 5) is 3.90. The minimum atomic E-state index is -4.17. The highest BCUT2D eigenvalue weighted by Gasteiger charge is 2.26. The van der Waals surface area contributed by atoms with E-state index in [2.05, 4.69) is 15.6 Å². The van der Waals surface area contributed by atoms with Gasteiger partial charge in [0.15, 0.2) is 17.5 Å². The lowest BCUT2D eigenvalue weighted by atomic mass is 10.1. The number of guanidine groups is 1. The molecular formula is C17H27F3IN3O2. The minimum absolute atomic E-state index is 0. The molecule has 150 valence electrons. The number of aliphatic imine (C=N–C) groups is 1. The van der Waals surface area contributed by atoms with Crippen LogP contribution in [-0.4, -0.2) is 46.0 Å². The van der Waals surface area contributed by atoms with Crippen LogP contribution in [0.2, 0.25) is 0 Å². The Hall–Kier alpha value is -1.39. The maximum Gasteiger partial charge on any atom is 0.390 e. The van der Waals surface area contributed by atoms with Gasteiger partial charge in [-0.2, -0.15) is 13.2 Å². The highest BCUT2D eigenvalue weighted by Crippen LogP contribution is 2.28. The van der Waals surface area contributed by atoms with Crippen LogP contribution in [0, 0.1) is 0 Å². The number of alkyl halides is 3. The Balaban J connectivity index is 0.00000625. The third-order valence-corrected chi connectivity index (χ3v) is 3.39. The molecule has 9 heteroatoms. The predicted molar refractivity (Wildman–Crippen MR) is 108 cm³/mol. The molecule has 0 saturated heterocycles. The first-order valence-corrected chi connectivity index (χ1v) is 8.20. The molecule has 0 heterocycles. The molecule has 26 heavy (non-hydrogen) atoms. The number of hydrogen-bond donors (Lipinski definition) is 2. The van der Waals surface area contributed by atoms with Crippen molar-refractivity contribution in [2.45, 2.75) is 32.4 Å². The van der Waals surface area contributed by atoms with Gasteiger partial charge in [-0.3, -0.25) is 4.99 Å². The molecule has 5 nitrogen and oxygen atoms in total. The van der Waals surface area contributed by atoms with Gasteiger partial charge in [0.25, 0.3) is 0 Å². The lowest BCUT2D eigenvalue weighted by Crippen LogP contribution is -2.39. The summed E-state index contributed by atoms with van der Waals surface area (Å²) < 4.78 is 47.2. The summed E-state index contributed by atoms with van der Waals surface area (Å²) in [5.41, 5.74) is 1.10. The Morgan fingerprint density at radius 1 is 1.15 bits per heavy atom. The van der Waals surface area contributed by atoms with Gasteiger partial charge in [0.05, 0.1) is 20.1 Å². The summed E-state index contributed by atoms with van der Waals surface area (Å²) in [6, 6.07) is 5.78. The van der Waals surface area contributed by atoms with E-state index in [9.17, 15) is 13.2 Å². The fraction of sp³-hybridized carbons (Fsp3) is 0.588. The molecule has 0 radical (unpaired) electrons. The first kappa shape index (κ1) is 24.6. The van der Waals surface area contributed by atoms with Gasteiger partial charge in [-0.25, -0.2) is 0 Å². The number of rotatable bonds is 9. The second-order valence-corrected chi connectivity index (χ2v) is 5.31. The molecule has 0 atom stereocenters. The molecule has 0 amide bonds. The zero-order chi connectivity index (χ0) is 18.7. The summed E-state index contributed by atoms with van der Waals surface area (Å²) in [6.07, 6.45) is -3.45. The quantitative estimate of drug-likeness (QED) is 0.240. The van der Waals surface area contributed by atoms with Crippen LogP contribution in [0.1, 0.15) is 25.3 Å². The zero-order valence-electron chi connectivity index (χ0n) is 15.3. The van der Waals surface area contributed by atoms with E-state index in [0.29, 0.717) is 30.6 Å². The highest BCUT2D eigenvalue weighted by molar-refractivity contribution is 14.0.